The van der Waals surface area contributed by atoms with Gasteiger partial charge in [0.1, 0.15) is 0 Å². The Bertz CT molecular complexity index is 532. The van der Waals surface area contributed by atoms with Crippen molar-refractivity contribution in [3.63, 3.8) is 0 Å². The molecule has 2 aromatic rings. The fraction of sp³-hybridized carbons (Fsp3) is 0.143. The highest BCUT2D eigenvalue weighted by Gasteiger charge is 2.04. The van der Waals surface area contributed by atoms with Crippen molar-refractivity contribution in [2.75, 3.05) is 0 Å². The molecule has 0 atom stereocenters. The highest BCUT2D eigenvalue weighted by Crippen LogP contribution is 2.11. The van der Waals surface area contributed by atoms with Crippen LogP contribution in [-0.4, -0.2) is 16.1 Å². The molecule has 0 radical (unpaired) electrons. The quantitative estimate of drug-likeness (QED) is 0.877. The van der Waals surface area contributed by atoms with Crippen molar-refractivity contribution in [2.45, 2.75) is 13.3 Å². The van der Waals surface area contributed by atoms with Gasteiger partial charge >= 0.3 is 5.97 Å². The van der Waals surface area contributed by atoms with Gasteiger partial charge in [-0.3, -0.25) is 4.98 Å². The Morgan fingerprint density at radius 2 is 1.88 bits per heavy atom. The van der Waals surface area contributed by atoms with Crippen LogP contribution in [0.25, 0.3) is 0 Å². The predicted octanol–water partition coefficient (Wildman–Crippen LogP) is 2.68. The average Bonchev–Trinajstić information content (AvgIpc) is 2.32. The maximum atomic E-state index is 10.8. The first-order valence-electron chi connectivity index (χ1n) is 5.38. The lowest BCUT2D eigenvalue weighted by Crippen LogP contribution is -1.99. The van der Waals surface area contributed by atoms with Gasteiger partial charge in [0.05, 0.1) is 5.56 Å². The summed E-state index contributed by atoms with van der Waals surface area (Å²) in [6.45, 7) is 2.04. The normalized spacial score (nSPS) is 10.2. The van der Waals surface area contributed by atoms with Gasteiger partial charge in [-0.25, -0.2) is 4.79 Å². The van der Waals surface area contributed by atoms with Gasteiger partial charge < -0.3 is 5.11 Å². The van der Waals surface area contributed by atoms with Crippen LogP contribution in [0.5, 0.6) is 0 Å². The number of nitrogens with zero attached hydrogens (tertiary/aromatic N) is 1. The van der Waals surface area contributed by atoms with Crippen LogP contribution in [0, 0.1) is 6.92 Å². The fourth-order valence-corrected chi connectivity index (χ4v) is 1.64. The Labute approximate surface area is 99.8 Å². The molecule has 0 bridgehead atoms. The molecule has 17 heavy (non-hydrogen) atoms. The van der Waals surface area contributed by atoms with Crippen molar-refractivity contribution in [1.29, 1.82) is 0 Å². The molecule has 0 fully saturated rings. The summed E-state index contributed by atoms with van der Waals surface area (Å²) in [5.74, 6) is -0.941. The van der Waals surface area contributed by atoms with Crippen LogP contribution < -0.4 is 0 Å². The number of carbonyl (C=O) groups is 1. The summed E-state index contributed by atoms with van der Waals surface area (Å²) < 4.78 is 0. The zero-order chi connectivity index (χ0) is 12.3. The first kappa shape index (κ1) is 11.3. The third-order valence-electron chi connectivity index (χ3n) is 2.57. The minimum absolute atomic E-state index is 0.231. The molecule has 0 unspecified atom stereocenters. The molecule has 0 amide bonds. The van der Waals surface area contributed by atoms with Crippen LogP contribution in [0.1, 0.15) is 27.0 Å². The highest BCUT2D eigenvalue weighted by molar-refractivity contribution is 5.87. The molecule has 1 aromatic heterocycles. The number of hydrogen-bond acceptors (Lipinski definition) is 2. The lowest BCUT2D eigenvalue weighted by atomic mass is 10.0. The standard InChI is InChI=1S/C14H13NO2/c1-10-2-4-11(5-3-10)6-12-7-13(14(16)17)9-15-8-12/h2-5,7-9H,6H2,1H3,(H,16,17). The van der Waals surface area contributed by atoms with Crippen LogP contribution in [-0.2, 0) is 6.42 Å². The topological polar surface area (TPSA) is 50.2 Å². The maximum Gasteiger partial charge on any atom is 0.337 e. The molecule has 3 nitrogen and oxygen atoms in total. The Morgan fingerprint density at radius 3 is 2.53 bits per heavy atom. The number of rotatable bonds is 3. The van der Waals surface area contributed by atoms with Crippen LogP contribution in [0.4, 0.5) is 0 Å². The monoisotopic (exact) mass is 227 g/mol. The lowest BCUT2D eigenvalue weighted by molar-refractivity contribution is 0.0696. The van der Waals surface area contributed by atoms with Crippen LogP contribution in [0.3, 0.4) is 0 Å². The minimum atomic E-state index is -0.941. The van der Waals surface area contributed by atoms with E-state index in [1.54, 1.807) is 12.3 Å². The number of aryl methyl sites for hydroxylation is 1. The van der Waals surface area contributed by atoms with Crippen molar-refractivity contribution >= 4 is 5.97 Å². The van der Waals surface area contributed by atoms with E-state index in [1.807, 2.05) is 31.2 Å². The molecule has 0 aliphatic heterocycles. The zero-order valence-corrected chi connectivity index (χ0v) is 9.55. The Kier molecular flexibility index (Phi) is 3.19. The van der Waals surface area contributed by atoms with Gasteiger partial charge in [0, 0.05) is 12.4 Å². The van der Waals surface area contributed by atoms with Crippen LogP contribution in [0.15, 0.2) is 42.7 Å². The summed E-state index contributed by atoms with van der Waals surface area (Å²) in [6, 6.07) is 9.84. The molecule has 2 rings (SSSR count). The zero-order valence-electron chi connectivity index (χ0n) is 9.55. The van der Waals surface area contributed by atoms with Gasteiger partial charge in [0.15, 0.2) is 0 Å². The summed E-state index contributed by atoms with van der Waals surface area (Å²) >= 11 is 0. The third-order valence-corrected chi connectivity index (χ3v) is 2.57. The van der Waals surface area contributed by atoms with Gasteiger partial charge in [-0.2, -0.15) is 0 Å². The smallest absolute Gasteiger partial charge is 0.337 e. The number of aromatic carboxylic acids is 1. The second kappa shape index (κ2) is 4.78. The van der Waals surface area contributed by atoms with Crippen molar-refractivity contribution in [3.05, 3.63) is 65.0 Å². The summed E-state index contributed by atoms with van der Waals surface area (Å²) in [7, 11) is 0. The largest absolute Gasteiger partial charge is 0.478 e. The maximum absolute atomic E-state index is 10.8. The van der Waals surface area contributed by atoms with E-state index in [2.05, 4.69) is 4.98 Å². The number of pyridine rings is 1. The van der Waals surface area contributed by atoms with Gasteiger partial charge in [-0.05, 0) is 30.5 Å². The summed E-state index contributed by atoms with van der Waals surface area (Å²) in [5.41, 5.74) is 3.51. The van der Waals surface area contributed by atoms with Crippen molar-refractivity contribution < 1.29 is 9.90 Å². The van der Waals surface area contributed by atoms with Gasteiger partial charge in [-0.1, -0.05) is 29.8 Å². The molecule has 0 saturated heterocycles. The van der Waals surface area contributed by atoms with E-state index in [0.717, 1.165) is 11.1 Å². The second-order valence-electron chi connectivity index (χ2n) is 4.05. The third kappa shape index (κ3) is 2.91. The molecule has 1 aromatic carbocycles. The Morgan fingerprint density at radius 1 is 1.18 bits per heavy atom. The number of aromatic nitrogens is 1. The molecule has 1 heterocycles. The molecule has 1 N–H and O–H groups in total. The van der Waals surface area contributed by atoms with Crippen molar-refractivity contribution in [3.8, 4) is 0 Å². The van der Waals surface area contributed by atoms with Gasteiger partial charge in [0.2, 0.25) is 0 Å². The number of carboxylic acids is 1. The Hall–Kier alpha value is -2.16. The lowest BCUT2D eigenvalue weighted by Gasteiger charge is -2.03. The predicted molar refractivity (Wildman–Crippen MR) is 65.2 cm³/mol. The van der Waals surface area contributed by atoms with E-state index in [-0.39, 0.29) is 5.56 Å². The van der Waals surface area contributed by atoms with E-state index in [0.29, 0.717) is 6.42 Å². The van der Waals surface area contributed by atoms with Crippen molar-refractivity contribution in [2.24, 2.45) is 0 Å². The molecule has 0 aliphatic carbocycles. The molecule has 3 heteroatoms. The van der Waals surface area contributed by atoms with E-state index < -0.39 is 5.97 Å². The van der Waals surface area contributed by atoms with E-state index in [1.165, 1.54) is 11.8 Å². The summed E-state index contributed by atoms with van der Waals surface area (Å²) in [6.07, 6.45) is 3.77. The van der Waals surface area contributed by atoms with Gasteiger partial charge in [-0.15, -0.1) is 0 Å². The number of carboxylic acid groups (broad SMARTS) is 1. The van der Waals surface area contributed by atoms with E-state index >= 15 is 0 Å². The first-order chi connectivity index (χ1) is 8.15. The molecule has 86 valence electrons. The highest BCUT2D eigenvalue weighted by atomic mass is 16.4. The van der Waals surface area contributed by atoms with Gasteiger partial charge in [0.25, 0.3) is 0 Å². The molecular formula is C14H13NO2. The van der Waals surface area contributed by atoms with Crippen LogP contribution in [0.2, 0.25) is 0 Å². The Balaban J connectivity index is 2.21. The number of hydrogen-bond donors (Lipinski definition) is 1. The summed E-state index contributed by atoms with van der Waals surface area (Å²) in [4.78, 5) is 14.7. The summed E-state index contributed by atoms with van der Waals surface area (Å²) in [5, 5.41) is 8.87. The minimum Gasteiger partial charge on any atom is -0.478 e. The molecule has 0 spiro atoms. The SMILES string of the molecule is Cc1ccc(Cc2cncc(C(=O)O)c2)cc1. The molecule has 0 saturated carbocycles. The molecular weight excluding hydrogens is 214 g/mol. The fourth-order valence-electron chi connectivity index (χ4n) is 1.64. The first-order valence-corrected chi connectivity index (χ1v) is 5.38. The van der Waals surface area contributed by atoms with E-state index in [4.69, 9.17) is 5.11 Å². The second-order valence-corrected chi connectivity index (χ2v) is 4.05. The number of benzene rings is 1. The van der Waals surface area contributed by atoms with E-state index in [9.17, 15) is 4.79 Å². The average molecular weight is 227 g/mol. The van der Waals surface area contributed by atoms with Crippen LogP contribution >= 0.6 is 0 Å². The molecule has 0 aliphatic rings. The van der Waals surface area contributed by atoms with Crippen molar-refractivity contribution in [1.82, 2.24) is 4.98 Å².